The second-order valence-electron chi connectivity index (χ2n) is 6.73. The van der Waals surface area contributed by atoms with Gasteiger partial charge in [-0.1, -0.05) is 42.5 Å². The highest BCUT2D eigenvalue weighted by Gasteiger charge is 2.27. The highest BCUT2D eigenvalue weighted by atomic mass is 19.1. The Labute approximate surface area is 159 Å². The second-order valence-corrected chi connectivity index (χ2v) is 6.73. The van der Waals surface area contributed by atoms with Gasteiger partial charge in [-0.2, -0.15) is 0 Å². The van der Waals surface area contributed by atoms with E-state index < -0.39 is 6.67 Å². The number of anilines is 1. The molecule has 1 aliphatic rings. The summed E-state index contributed by atoms with van der Waals surface area (Å²) in [5.74, 6) is 0.485. The SMILES string of the molecule is CC1CN(Cc2ccccc2)CCN1C(=O)Nc1ccccc1OCCF. The normalized spacial score (nSPS) is 17.6. The molecule has 144 valence electrons. The van der Waals surface area contributed by atoms with Crippen molar-refractivity contribution in [1.29, 1.82) is 0 Å². The molecule has 1 N–H and O–H groups in total. The number of carbonyl (C=O) groups is 1. The molecule has 0 aliphatic carbocycles. The van der Waals surface area contributed by atoms with Crippen molar-refractivity contribution in [2.75, 3.05) is 38.2 Å². The molecular weight excluding hydrogens is 345 g/mol. The van der Waals surface area contributed by atoms with Crippen molar-refractivity contribution in [1.82, 2.24) is 9.80 Å². The molecule has 1 fully saturated rings. The van der Waals surface area contributed by atoms with Gasteiger partial charge in [0.05, 0.1) is 5.69 Å². The van der Waals surface area contributed by atoms with E-state index in [0.717, 1.165) is 19.6 Å². The largest absolute Gasteiger partial charge is 0.489 e. The first-order valence-corrected chi connectivity index (χ1v) is 9.29. The van der Waals surface area contributed by atoms with Gasteiger partial charge in [-0.25, -0.2) is 9.18 Å². The third-order valence-electron chi connectivity index (χ3n) is 4.68. The lowest BCUT2D eigenvalue weighted by Crippen LogP contribution is -2.54. The monoisotopic (exact) mass is 371 g/mol. The molecule has 1 heterocycles. The van der Waals surface area contributed by atoms with Crippen LogP contribution in [0.3, 0.4) is 0 Å². The molecule has 2 amide bonds. The van der Waals surface area contributed by atoms with Gasteiger partial charge < -0.3 is 15.0 Å². The average Bonchev–Trinajstić information content (AvgIpc) is 2.68. The Kier molecular flexibility index (Phi) is 6.65. The highest BCUT2D eigenvalue weighted by Crippen LogP contribution is 2.25. The van der Waals surface area contributed by atoms with E-state index in [4.69, 9.17) is 4.74 Å². The molecule has 0 spiro atoms. The molecule has 1 atom stereocenters. The van der Waals surface area contributed by atoms with Gasteiger partial charge in [0.15, 0.2) is 0 Å². The summed E-state index contributed by atoms with van der Waals surface area (Å²) in [4.78, 5) is 16.9. The Morgan fingerprint density at radius 1 is 1.15 bits per heavy atom. The van der Waals surface area contributed by atoms with Gasteiger partial charge in [0, 0.05) is 32.2 Å². The number of halogens is 1. The predicted molar refractivity (Wildman–Crippen MR) is 105 cm³/mol. The Hall–Kier alpha value is -2.60. The number of piperazine rings is 1. The van der Waals surface area contributed by atoms with Gasteiger partial charge in [-0.15, -0.1) is 0 Å². The van der Waals surface area contributed by atoms with E-state index in [0.29, 0.717) is 18.0 Å². The summed E-state index contributed by atoms with van der Waals surface area (Å²) in [6.45, 7) is 4.66. The molecule has 1 unspecified atom stereocenters. The Morgan fingerprint density at radius 2 is 1.89 bits per heavy atom. The fraction of sp³-hybridized carbons (Fsp3) is 0.381. The van der Waals surface area contributed by atoms with Crippen LogP contribution < -0.4 is 10.1 Å². The number of rotatable bonds is 6. The third-order valence-corrected chi connectivity index (χ3v) is 4.68. The van der Waals surface area contributed by atoms with Crippen LogP contribution in [0, 0.1) is 0 Å². The molecule has 2 aromatic rings. The maximum atomic E-state index is 12.7. The van der Waals surface area contributed by atoms with Crippen LogP contribution >= 0.6 is 0 Å². The minimum atomic E-state index is -0.567. The molecule has 1 saturated heterocycles. The average molecular weight is 371 g/mol. The Morgan fingerprint density at radius 3 is 2.63 bits per heavy atom. The fourth-order valence-corrected chi connectivity index (χ4v) is 3.35. The molecular formula is C21H26FN3O2. The molecule has 27 heavy (non-hydrogen) atoms. The maximum Gasteiger partial charge on any atom is 0.322 e. The molecule has 6 heteroatoms. The van der Waals surface area contributed by atoms with E-state index in [1.165, 1.54) is 5.56 Å². The van der Waals surface area contributed by atoms with Crippen molar-refractivity contribution in [2.45, 2.75) is 19.5 Å². The molecule has 1 aliphatic heterocycles. The Balaban J connectivity index is 1.57. The number of hydrogen-bond donors (Lipinski definition) is 1. The lowest BCUT2D eigenvalue weighted by molar-refractivity contribution is 0.104. The summed E-state index contributed by atoms with van der Waals surface area (Å²) in [6.07, 6.45) is 0. The fourth-order valence-electron chi connectivity index (χ4n) is 3.35. The summed E-state index contributed by atoms with van der Waals surface area (Å²) in [7, 11) is 0. The van der Waals surface area contributed by atoms with E-state index in [9.17, 15) is 9.18 Å². The first-order chi connectivity index (χ1) is 13.2. The van der Waals surface area contributed by atoms with E-state index in [-0.39, 0.29) is 18.7 Å². The highest BCUT2D eigenvalue weighted by molar-refractivity contribution is 5.91. The lowest BCUT2D eigenvalue weighted by Gasteiger charge is -2.39. The number of alkyl halides is 1. The van der Waals surface area contributed by atoms with Crippen LogP contribution in [0.15, 0.2) is 54.6 Å². The van der Waals surface area contributed by atoms with Crippen LogP contribution in [0.2, 0.25) is 0 Å². The molecule has 0 saturated carbocycles. The van der Waals surface area contributed by atoms with Gasteiger partial charge in [0.1, 0.15) is 19.0 Å². The number of urea groups is 1. The molecule has 5 nitrogen and oxygen atoms in total. The molecule has 0 aromatic heterocycles. The van der Waals surface area contributed by atoms with E-state index >= 15 is 0 Å². The van der Waals surface area contributed by atoms with Crippen LogP contribution in [-0.2, 0) is 6.54 Å². The van der Waals surface area contributed by atoms with Crippen molar-refractivity contribution in [3.63, 3.8) is 0 Å². The van der Waals surface area contributed by atoms with E-state index in [2.05, 4.69) is 29.3 Å². The number of nitrogens with one attached hydrogen (secondary N) is 1. The summed E-state index contributed by atoms with van der Waals surface area (Å²) in [5, 5.41) is 2.91. The van der Waals surface area contributed by atoms with Crippen molar-refractivity contribution >= 4 is 11.7 Å². The number of nitrogens with zero attached hydrogens (tertiary/aromatic N) is 2. The smallest absolute Gasteiger partial charge is 0.322 e. The zero-order chi connectivity index (χ0) is 19.1. The Bertz CT molecular complexity index is 741. The number of para-hydroxylation sites is 2. The number of carbonyl (C=O) groups excluding carboxylic acids is 1. The van der Waals surface area contributed by atoms with Crippen LogP contribution in [0.5, 0.6) is 5.75 Å². The van der Waals surface area contributed by atoms with Gasteiger partial charge in [-0.3, -0.25) is 4.90 Å². The predicted octanol–water partition coefficient (Wildman–Crippen LogP) is 3.77. The molecule has 3 rings (SSSR count). The first-order valence-electron chi connectivity index (χ1n) is 9.29. The zero-order valence-electron chi connectivity index (χ0n) is 15.6. The third kappa shape index (κ3) is 5.20. The van der Waals surface area contributed by atoms with Crippen molar-refractivity contribution in [2.24, 2.45) is 0 Å². The van der Waals surface area contributed by atoms with Gasteiger partial charge >= 0.3 is 6.03 Å². The molecule has 0 bridgehead atoms. The van der Waals surface area contributed by atoms with Gasteiger partial charge in [0.25, 0.3) is 0 Å². The van der Waals surface area contributed by atoms with Crippen molar-refractivity contribution in [3.8, 4) is 5.75 Å². The van der Waals surface area contributed by atoms with Gasteiger partial charge in [0.2, 0.25) is 0 Å². The minimum Gasteiger partial charge on any atom is -0.489 e. The van der Waals surface area contributed by atoms with Crippen molar-refractivity contribution in [3.05, 3.63) is 60.2 Å². The van der Waals surface area contributed by atoms with Crippen LogP contribution in [0.1, 0.15) is 12.5 Å². The van der Waals surface area contributed by atoms with E-state index in [1.807, 2.05) is 29.2 Å². The quantitative estimate of drug-likeness (QED) is 0.841. The maximum absolute atomic E-state index is 12.7. The van der Waals surface area contributed by atoms with E-state index in [1.54, 1.807) is 18.2 Å². The second kappa shape index (κ2) is 9.37. The number of benzene rings is 2. The standard InChI is InChI=1S/C21H26FN3O2/c1-17-15-24(16-18-7-3-2-4-8-18)12-13-25(17)21(26)23-19-9-5-6-10-20(19)27-14-11-22/h2-10,17H,11-16H2,1H3,(H,23,26). The zero-order valence-corrected chi connectivity index (χ0v) is 15.6. The summed E-state index contributed by atoms with van der Waals surface area (Å²) >= 11 is 0. The summed E-state index contributed by atoms with van der Waals surface area (Å²) in [6, 6.07) is 17.4. The minimum absolute atomic E-state index is 0.0263. The lowest BCUT2D eigenvalue weighted by atomic mass is 10.1. The number of hydrogen-bond acceptors (Lipinski definition) is 3. The summed E-state index contributed by atoms with van der Waals surface area (Å²) < 4.78 is 17.8. The molecule has 0 radical (unpaired) electrons. The van der Waals surface area contributed by atoms with Crippen LogP contribution in [0.25, 0.3) is 0 Å². The number of ether oxygens (including phenoxy) is 1. The van der Waals surface area contributed by atoms with Gasteiger partial charge in [-0.05, 0) is 24.6 Å². The number of amides is 2. The molecule has 2 aromatic carbocycles. The van der Waals surface area contributed by atoms with Crippen LogP contribution in [-0.4, -0.2) is 54.8 Å². The summed E-state index contributed by atoms with van der Waals surface area (Å²) in [5.41, 5.74) is 1.84. The van der Waals surface area contributed by atoms with Crippen molar-refractivity contribution < 1.29 is 13.9 Å². The first kappa shape index (κ1) is 19.2. The topological polar surface area (TPSA) is 44.8 Å². The van der Waals surface area contributed by atoms with Crippen LogP contribution in [0.4, 0.5) is 14.9 Å².